The Morgan fingerprint density at radius 1 is 1.21 bits per heavy atom. The van der Waals surface area contributed by atoms with Gasteiger partial charge >= 0.3 is 5.97 Å². The molecule has 5 nitrogen and oxygen atoms in total. The van der Waals surface area contributed by atoms with Gasteiger partial charge in [-0.2, -0.15) is 5.10 Å². The van der Waals surface area contributed by atoms with Gasteiger partial charge in [0.1, 0.15) is 0 Å². The number of carbonyl (C=O) groups is 1. The first-order chi connectivity index (χ1) is 11.7. The predicted molar refractivity (Wildman–Crippen MR) is 95.1 cm³/mol. The number of benzene rings is 2. The molecule has 0 atom stereocenters. The largest absolute Gasteiger partial charge is 0.481 e. The van der Waals surface area contributed by atoms with Crippen molar-refractivity contribution in [2.75, 3.05) is 5.32 Å². The van der Waals surface area contributed by atoms with E-state index in [0.29, 0.717) is 13.0 Å². The van der Waals surface area contributed by atoms with E-state index in [4.69, 9.17) is 5.11 Å². The zero-order chi connectivity index (χ0) is 16.9. The molecule has 0 saturated heterocycles. The van der Waals surface area contributed by atoms with Crippen LogP contribution in [0.4, 0.5) is 5.69 Å². The van der Waals surface area contributed by atoms with Crippen LogP contribution in [0.25, 0.3) is 10.9 Å². The lowest BCUT2D eigenvalue weighted by Gasteiger charge is -2.07. The molecule has 0 fully saturated rings. The van der Waals surface area contributed by atoms with Gasteiger partial charge in [0.15, 0.2) is 0 Å². The van der Waals surface area contributed by atoms with Crippen molar-refractivity contribution in [1.29, 1.82) is 0 Å². The number of para-hydroxylation sites is 1. The van der Waals surface area contributed by atoms with E-state index >= 15 is 0 Å². The summed E-state index contributed by atoms with van der Waals surface area (Å²) in [6.45, 7) is 3.56. The molecular weight excluding hydrogens is 302 g/mol. The molecule has 0 aliphatic rings. The third-order valence-electron chi connectivity index (χ3n) is 4.05. The van der Waals surface area contributed by atoms with Crippen molar-refractivity contribution in [3.05, 3.63) is 59.8 Å². The van der Waals surface area contributed by atoms with Crippen LogP contribution in [0.5, 0.6) is 0 Å². The van der Waals surface area contributed by atoms with Gasteiger partial charge in [-0.25, -0.2) is 0 Å². The molecule has 2 aromatic carbocycles. The van der Waals surface area contributed by atoms with E-state index in [-0.39, 0.29) is 6.42 Å². The normalized spacial score (nSPS) is 10.9. The molecule has 0 aliphatic heterocycles. The average molecular weight is 323 g/mol. The van der Waals surface area contributed by atoms with Crippen molar-refractivity contribution in [3.8, 4) is 0 Å². The van der Waals surface area contributed by atoms with Crippen LogP contribution in [-0.4, -0.2) is 20.9 Å². The van der Waals surface area contributed by atoms with Gasteiger partial charge in [0.05, 0.1) is 17.8 Å². The fourth-order valence-corrected chi connectivity index (χ4v) is 2.84. The van der Waals surface area contributed by atoms with E-state index < -0.39 is 5.97 Å². The molecule has 24 heavy (non-hydrogen) atoms. The van der Waals surface area contributed by atoms with Gasteiger partial charge in [0.25, 0.3) is 0 Å². The number of nitrogens with zero attached hydrogens (tertiary/aromatic N) is 2. The second-order valence-electron chi connectivity index (χ2n) is 5.73. The zero-order valence-electron chi connectivity index (χ0n) is 13.7. The Kier molecular flexibility index (Phi) is 4.79. The number of rotatable bonds is 7. The van der Waals surface area contributed by atoms with Gasteiger partial charge in [-0.3, -0.25) is 9.48 Å². The second-order valence-corrected chi connectivity index (χ2v) is 5.73. The summed E-state index contributed by atoms with van der Waals surface area (Å²) in [6.07, 6.45) is 0.688. The second kappa shape index (κ2) is 7.17. The molecule has 0 bridgehead atoms. The fourth-order valence-electron chi connectivity index (χ4n) is 2.84. The van der Waals surface area contributed by atoms with Gasteiger partial charge in [0, 0.05) is 24.0 Å². The van der Waals surface area contributed by atoms with E-state index in [2.05, 4.69) is 29.5 Å². The van der Waals surface area contributed by atoms with Gasteiger partial charge in [-0.1, -0.05) is 30.3 Å². The summed E-state index contributed by atoms with van der Waals surface area (Å²) in [7, 11) is 0. The number of nitrogens with one attached hydrogen (secondary N) is 1. The lowest BCUT2D eigenvalue weighted by Crippen LogP contribution is -2.03. The number of aliphatic carboxylic acids is 1. The van der Waals surface area contributed by atoms with Crippen molar-refractivity contribution in [1.82, 2.24) is 9.78 Å². The first-order valence-electron chi connectivity index (χ1n) is 8.16. The van der Waals surface area contributed by atoms with Crippen LogP contribution in [0.3, 0.4) is 0 Å². The molecular formula is C19H21N3O2. The van der Waals surface area contributed by atoms with Crippen molar-refractivity contribution in [2.45, 2.75) is 32.9 Å². The van der Waals surface area contributed by atoms with Crippen LogP contribution >= 0.6 is 0 Å². The SMILES string of the molecule is CCn1nc(CNc2cccc(CCC(=O)O)c2)c2ccccc21. The predicted octanol–water partition coefficient (Wildman–Crippen LogP) is 3.69. The van der Waals surface area contributed by atoms with E-state index in [1.54, 1.807) is 0 Å². The highest BCUT2D eigenvalue weighted by Gasteiger charge is 2.09. The number of fused-ring (bicyclic) bond motifs is 1. The number of carboxylic acid groups (broad SMARTS) is 1. The van der Waals surface area contributed by atoms with Crippen LogP contribution in [0, 0.1) is 0 Å². The minimum absolute atomic E-state index is 0.148. The Labute approximate surface area is 140 Å². The highest BCUT2D eigenvalue weighted by Crippen LogP contribution is 2.20. The molecule has 1 heterocycles. The van der Waals surface area contributed by atoms with E-state index in [1.165, 1.54) is 0 Å². The topological polar surface area (TPSA) is 67.2 Å². The number of carboxylic acids is 1. The molecule has 2 N–H and O–H groups in total. The summed E-state index contributed by atoms with van der Waals surface area (Å²) in [5.41, 5.74) is 4.16. The van der Waals surface area contributed by atoms with Crippen molar-refractivity contribution in [3.63, 3.8) is 0 Å². The molecule has 0 aliphatic carbocycles. The first kappa shape index (κ1) is 16.1. The third kappa shape index (κ3) is 3.56. The molecule has 3 aromatic rings. The van der Waals surface area contributed by atoms with Gasteiger partial charge in [-0.05, 0) is 37.1 Å². The summed E-state index contributed by atoms with van der Waals surface area (Å²) in [5.74, 6) is -0.773. The van der Waals surface area contributed by atoms with Crippen molar-refractivity contribution in [2.24, 2.45) is 0 Å². The van der Waals surface area contributed by atoms with Crippen LogP contribution in [0.15, 0.2) is 48.5 Å². The summed E-state index contributed by atoms with van der Waals surface area (Å²) >= 11 is 0. The Hall–Kier alpha value is -2.82. The number of hydrogen-bond acceptors (Lipinski definition) is 3. The molecule has 5 heteroatoms. The number of anilines is 1. The Morgan fingerprint density at radius 2 is 2.04 bits per heavy atom. The van der Waals surface area contributed by atoms with E-state index in [0.717, 1.165) is 34.4 Å². The molecule has 0 amide bonds. The molecule has 1 aromatic heterocycles. The quantitative estimate of drug-likeness (QED) is 0.696. The van der Waals surface area contributed by atoms with Crippen LogP contribution < -0.4 is 5.32 Å². The van der Waals surface area contributed by atoms with Crippen molar-refractivity contribution >= 4 is 22.6 Å². The number of aryl methyl sites for hydroxylation is 2. The first-order valence-corrected chi connectivity index (χ1v) is 8.16. The molecule has 0 radical (unpaired) electrons. The maximum Gasteiger partial charge on any atom is 0.303 e. The minimum Gasteiger partial charge on any atom is -0.481 e. The smallest absolute Gasteiger partial charge is 0.303 e. The van der Waals surface area contributed by atoms with E-state index in [9.17, 15) is 4.79 Å². The zero-order valence-corrected chi connectivity index (χ0v) is 13.7. The summed E-state index contributed by atoms with van der Waals surface area (Å²) < 4.78 is 2.01. The number of hydrogen-bond donors (Lipinski definition) is 2. The highest BCUT2D eigenvalue weighted by atomic mass is 16.4. The minimum atomic E-state index is -0.773. The summed E-state index contributed by atoms with van der Waals surface area (Å²) in [6, 6.07) is 16.1. The van der Waals surface area contributed by atoms with Crippen LogP contribution in [0.1, 0.15) is 24.6 Å². The van der Waals surface area contributed by atoms with Crippen molar-refractivity contribution < 1.29 is 9.90 Å². The maximum absolute atomic E-state index is 10.7. The Bertz CT molecular complexity index is 855. The Balaban J connectivity index is 1.74. The summed E-state index contributed by atoms with van der Waals surface area (Å²) in [4.78, 5) is 10.7. The average Bonchev–Trinajstić information content (AvgIpc) is 2.97. The van der Waals surface area contributed by atoms with E-state index in [1.807, 2.05) is 41.1 Å². The molecule has 3 rings (SSSR count). The highest BCUT2D eigenvalue weighted by molar-refractivity contribution is 5.82. The lowest BCUT2D eigenvalue weighted by atomic mass is 10.1. The van der Waals surface area contributed by atoms with Crippen LogP contribution in [0.2, 0.25) is 0 Å². The standard InChI is InChI=1S/C19H21N3O2/c1-2-22-18-9-4-3-8-16(18)17(21-22)13-20-15-7-5-6-14(12-15)10-11-19(23)24/h3-9,12,20H,2,10-11,13H2,1H3,(H,23,24). The lowest BCUT2D eigenvalue weighted by molar-refractivity contribution is -0.136. The van der Waals surface area contributed by atoms with Gasteiger partial charge in [-0.15, -0.1) is 0 Å². The fraction of sp³-hybridized carbons (Fsp3) is 0.263. The third-order valence-corrected chi connectivity index (χ3v) is 4.05. The number of aromatic nitrogens is 2. The van der Waals surface area contributed by atoms with Crippen LogP contribution in [-0.2, 0) is 24.3 Å². The molecule has 0 saturated carbocycles. The van der Waals surface area contributed by atoms with Gasteiger partial charge < -0.3 is 10.4 Å². The maximum atomic E-state index is 10.7. The Morgan fingerprint density at radius 3 is 2.83 bits per heavy atom. The summed E-state index contributed by atoms with van der Waals surface area (Å²) in [5, 5.41) is 18.0. The molecule has 124 valence electrons. The monoisotopic (exact) mass is 323 g/mol. The van der Waals surface area contributed by atoms with Gasteiger partial charge in [0.2, 0.25) is 0 Å². The molecule has 0 unspecified atom stereocenters. The molecule has 0 spiro atoms.